The van der Waals surface area contributed by atoms with Gasteiger partial charge in [0.05, 0.1) is 12.1 Å². The van der Waals surface area contributed by atoms with E-state index < -0.39 is 5.60 Å². The molecule has 0 N–H and O–H groups in total. The topological polar surface area (TPSA) is 46.6 Å². The van der Waals surface area contributed by atoms with Gasteiger partial charge in [-0.15, -0.1) is 0 Å². The molecule has 29 heavy (non-hydrogen) atoms. The van der Waals surface area contributed by atoms with E-state index in [2.05, 4.69) is 0 Å². The number of esters is 1. The molecule has 0 fully saturated rings. The summed E-state index contributed by atoms with van der Waals surface area (Å²) in [5, 5.41) is 0.614. The highest BCUT2D eigenvalue weighted by molar-refractivity contribution is 6.30. The number of amides is 1. The molecule has 4 nitrogen and oxygen atoms in total. The summed E-state index contributed by atoms with van der Waals surface area (Å²) in [6.45, 7) is 7.71. The van der Waals surface area contributed by atoms with Crippen LogP contribution < -0.4 is 0 Å². The quantitative estimate of drug-likeness (QED) is 0.626. The number of hydrogen-bond acceptors (Lipinski definition) is 3. The predicted molar refractivity (Wildman–Crippen MR) is 114 cm³/mol. The normalized spacial score (nSPS) is 17.5. The van der Waals surface area contributed by atoms with Crippen molar-refractivity contribution in [3.63, 3.8) is 0 Å². The third kappa shape index (κ3) is 5.07. The van der Waals surface area contributed by atoms with Gasteiger partial charge in [-0.05, 0) is 51.0 Å². The van der Waals surface area contributed by atoms with Crippen LogP contribution in [0.15, 0.2) is 65.9 Å². The molecule has 1 amide bonds. The van der Waals surface area contributed by atoms with Crippen molar-refractivity contribution in [1.29, 1.82) is 0 Å². The summed E-state index contributed by atoms with van der Waals surface area (Å²) in [6, 6.07) is 17.0. The molecule has 0 bridgehead atoms. The number of carbonyl (C=O) groups is 2. The van der Waals surface area contributed by atoms with Crippen LogP contribution in [0.4, 0.5) is 0 Å². The van der Waals surface area contributed by atoms with Crippen LogP contribution in [-0.2, 0) is 20.9 Å². The van der Waals surface area contributed by atoms with Crippen LogP contribution in [0, 0.1) is 0 Å². The smallest absolute Gasteiger partial charge is 0.336 e. The lowest BCUT2D eigenvalue weighted by Crippen LogP contribution is -2.39. The summed E-state index contributed by atoms with van der Waals surface area (Å²) in [5.41, 5.74) is 2.39. The molecule has 1 aliphatic rings. The Morgan fingerprint density at radius 3 is 2.45 bits per heavy atom. The second-order valence-corrected chi connectivity index (χ2v) is 8.71. The van der Waals surface area contributed by atoms with Gasteiger partial charge in [0.15, 0.2) is 0 Å². The molecule has 5 heteroatoms. The average Bonchev–Trinajstić information content (AvgIpc) is 2.64. The Labute approximate surface area is 177 Å². The molecule has 0 radical (unpaired) electrons. The maximum atomic E-state index is 13.1. The van der Waals surface area contributed by atoms with Crippen molar-refractivity contribution >= 4 is 23.5 Å². The molecule has 0 spiro atoms. The fourth-order valence-electron chi connectivity index (χ4n) is 3.59. The van der Waals surface area contributed by atoms with E-state index in [4.69, 9.17) is 16.3 Å². The Morgan fingerprint density at radius 2 is 1.83 bits per heavy atom. The van der Waals surface area contributed by atoms with Crippen molar-refractivity contribution in [2.45, 2.75) is 52.2 Å². The third-order valence-electron chi connectivity index (χ3n) is 4.87. The number of benzene rings is 2. The summed E-state index contributed by atoms with van der Waals surface area (Å²) in [4.78, 5) is 27.8. The first kappa shape index (κ1) is 21.1. The number of nitrogens with zero attached hydrogens (tertiary/aromatic N) is 1. The first-order chi connectivity index (χ1) is 13.7. The number of carbonyl (C=O) groups excluding carboxylic acids is 2. The van der Waals surface area contributed by atoms with Gasteiger partial charge in [-0.25, -0.2) is 4.79 Å². The molecule has 2 aromatic carbocycles. The van der Waals surface area contributed by atoms with Crippen LogP contribution in [0.5, 0.6) is 0 Å². The molecule has 1 aliphatic heterocycles. The van der Waals surface area contributed by atoms with Crippen molar-refractivity contribution < 1.29 is 14.3 Å². The highest BCUT2D eigenvalue weighted by atomic mass is 35.5. The summed E-state index contributed by atoms with van der Waals surface area (Å²) < 4.78 is 5.70. The van der Waals surface area contributed by atoms with Gasteiger partial charge in [0.25, 0.3) is 0 Å². The van der Waals surface area contributed by atoms with Gasteiger partial charge in [-0.1, -0.05) is 54.1 Å². The van der Waals surface area contributed by atoms with Gasteiger partial charge in [0.2, 0.25) is 5.91 Å². The minimum Gasteiger partial charge on any atom is -0.457 e. The minimum absolute atomic E-state index is 0.0244. The average molecular weight is 412 g/mol. The molecule has 2 aromatic rings. The zero-order chi connectivity index (χ0) is 21.2. The molecule has 152 valence electrons. The Hall–Kier alpha value is -2.59. The van der Waals surface area contributed by atoms with E-state index in [9.17, 15) is 9.59 Å². The summed E-state index contributed by atoms with van der Waals surface area (Å²) in [6.07, 6.45) is 0.219. The van der Waals surface area contributed by atoms with Crippen LogP contribution in [-0.4, -0.2) is 22.4 Å². The standard InChI is InChI=1S/C24H26ClNO3/c1-16-22(23(28)29-24(2,3)4)20(18-10-6-5-7-11-18)14-21(27)26(16)15-17-9-8-12-19(25)13-17/h5-13,20H,14-15H2,1-4H3. The van der Waals surface area contributed by atoms with Crippen molar-refractivity contribution in [3.05, 3.63) is 82.0 Å². The maximum Gasteiger partial charge on any atom is 0.336 e. The highest BCUT2D eigenvalue weighted by Crippen LogP contribution is 2.38. The Bertz CT molecular complexity index is 944. The van der Waals surface area contributed by atoms with Crippen molar-refractivity contribution in [3.8, 4) is 0 Å². The number of ether oxygens (including phenoxy) is 1. The molecular weight excluding hydrogens is 386 g/mol. The van der Waals surface area contributed by atoms with Gasteiger partial charge in [0.1, 0.15) is 5.60 Å². The predicted octanol–water partition coefficient (Wildman–Crippen LogP) is 5.47. The molecule has 1 unspecified atom stereocenters. The number of halogens is 1. The summed E-state index contributed by atoms with van der Waals surface area (Å²) in [5.74, 6) is -0.731. The van der Waals surface area contributed by atoms with Crippen molar-refractivity contribution in [1.82, 2.24) is 4.90 Å². The molecule has 1 heterocycles. The molecular formula is C24H26ClNO3. The number of hydrogen-bond donors (Lipinski definition) is 0. The first-order valence-corrected chi connectivity index (χ1v) is 10.1. The minimum atomic E-state index is -0.620. The molecule has 1 atom stereocenters. The van der Waals surface area contributed by atoms with E-state index in [0.717, 1.165) is 11.1 Å². The van der Waals surface area contributed by atoms with Crippen molar-refractivity contribution in [2.24, 2.45) is 0 Å². The van der Waals surface area contributed by atoms with Gasteiger partial charge in [-0.2, -0.15) is 0 Å². The monoisotopic (exact) mass is 411 g/mol. The zero-order valence-electron chi connectivity index (χ0n) is 17.2. The molecule has 0 aliphatic carbocycles. The van der Waals surface area contributed by atoms with E-state index in [-0.39, 0.29) is 24.2 Å². The third-order valence-corrected chi connectivity index (χ3v) is 5.11. The van der Waals surface area contributed by atoms with Crippen LogP contribution in [0.25, 0.3) is 0 Å². The Balaban J connectivity index is 2.04. The van der Waals surface area contributed by atoms with Gasteiger partial charge in [0, 0.05) is 23.1 Å². The van der Waals surface area contributed by atoms with Gasteiger partial charge in [-0.3, -0.25) is 4.79 Å². The summed E-state index contributed by atoms with van der Waals surface area (Å²) >= 11 is 6.10. The Kier molecular flexibility index (Phi) is 6.13. The van der Waals surface area contributed by atoms with E-state index in [1.165, 1.54) is 0 Å². The van der Waals surface area contributed by atoms with Crippen molar-refractivity contribution in [2.75, 3.05) is 0 Å². The van der Waals surface area contributed by atoms with Crippen LogP contribution in [0.3, 0.4) is 0 Å². The van der Waals surface area contributed by atoms with E-state index in [1.807, 2.05) is 76.2 Å². The fourth-order valence-corrected chi connectivity index (χ4v) is 3.80. The number of allylic oxidation sites excluding steroid dienone is 1. The molecule has 3 rings (SSSR count). The lowest BCUT2D eigenvalue weighted by Gasteiger charge is -2.35. The number of rotatable bonds is 4. The molecule has 0 saturated heterocycles. The lowest BCUT2D eigenvalue weighted by molar-refractivity contribution is -0.150. The largest absolute Gasteiger partial charge is 0.457 e. The molecule has 0 aromatic heterocycles. The zero-order valence-corrected chi connectivity index (χ0v) is 18.0. The van der Waals surface area contributed by atoms with E-state index in [0.29, 0.717) is 22.8 Å². The first-order valence-electron chi connectivity index (χ1n) is 9.69. The van der Waals surface area contributed by atoms with E-state index in [1.54, 1.807) is 11.0 Å². The SMILES string of the molecule is CC1=C(C(=O)OC(C)(C)C)C(c2ccccc2)CC(=O)N1Cc1cccc(Cl)c1. The second-order valence-electron chi connectivity index (χ2n) is 8.28. The van der Waals surface area contributed by atoms with Crippen LogP contribution in [0.2, 0.25) is 5.02 Å². The summed E-state index contributed by atoms with van der Waals surface area (Å²) in [7, 11) is 0. The second kappa shape index (κ2) is 8.42. The Morgan fingerprint density at radius 1 is 1.14 bits per heavy atom. The highest BCUT2D eigenvalue weighted by Gasteiger charge is 2.38. The fraction of sp³-hybridized carbons (Fsp3) is 0.333. The maximum absolute atomic E-state index is 13.1. The van der Waals surface area contributed by atoms with Crippen LogP contribution in [0.1, 0.15) is 51.2 Å². The lowest BCUT2D eigenvalue weighted by atomic mass is 9.83. The molecule has 0 saturated carbocycles. The van der Waals surface area contributed by atoms with Crippen LogP contribution >= 0.6 is 11.6 Å². The van der Waals surface area contributed by atoms with E-state index >= 15 is 0 Å². The van der Waals surface area contributed by atoms with Gasteiger partial charge < -0.3 is 9.64 Å². The van der Waals surface area contributed by atoms with Gasteiger partial charge >= 0.3 is 5.97 Å².